The Morgan fingerprint density at radius 1 is 1.73 bits per heavy atom. The fourth-order valence-corrected chi connectivity index (χ4v) is 0.728. The van der Waals surface area contributed by atoms with Gasteiger partial charge in [-0.05, 0) is 0 Å². The smallest absolute Gasteiger partial charge is 0.157 e. The number of aryl methyl sites for hydroxylation is 1. The van der Waals surface area contributed by atoms with E-state index in [1.54, 1.807) is 17.1 Å². The summed E-state index contributed by atoms with van der Waals surface area (Å²) < 4.78 is 6.90. The molecule has 0 aliphatic carbocycles. The average molecular weight is 156 g/mol. The molecule has 0 radical (unpaired) electrons. The Hall–Kier alpha value is -1.03. The molecule has 1 rings (SSSR count). The molecule has 11 heavy (non-hydrogen) atoms. The first-order valence-corrected chi connectivity index (χ1v) is 3.55. The molecule has 0 saturated heterocycles. The largest absolute Gasteiger partial charge is 0.490 e. The number of ether oxygens (including phenoxy) is 1. The van der Waals surface area contributed by atoms with Gasteiger partial charge in [-0.25, -0.2) is 0 Å². The number of hydrogen-bond acceptors (Lipinski definition) is 3. The predicted molar refractivity (Wildman–Crippen MR) is 40.4 cm³/mol. The van der Waals surface area contributed by atoms with Gasteiger partial charge in [0.1, 0.15) is 0 Å². The lowest BCUT2D eigenvalue weighted by Crippen LogP contribution is -1.98. The molecule has 1 aromatic rings. The van der Waals surface area contributed by atoms with Crippen LogP contribution >= 0.6 is 0 Å². The maximum absolute atomic E-state index is 8.45. The quantitative estimate of drug-likeness (QED) is 0.632. The van der Waals surface area contributed by atoms with E-state index >= 15 is 0 Å². The lowest BCUT2D eigenvalue weighted by Gasteiger charge is -1.99. The summed E-state index contributed by atoms with van der Waals surface area (Å²) in [5, 5.41) is 12.4. The Balaban J connectivity index is 2.27. The molecule has 0 bridgehead atoms. The van der Waals surface area contributed by atoms with Crippen LogP contribution in [0.5, 0.6) is 5.75 Å². The lowest BCUT2D eigenvalue weighted by molar-refractivity contribution is 0.233. The standard InChI is InChI=1S/C7H12N2O2/c1-9-6-7(5-8-9)11-4-2-3-10/h5-6,10H,2-4H2,1H3. The van der Waals surface area contributed by atoms with E-state index in [-0.39, 0.29) is 6.61 Å². The van der Waals surface area contributed by atoms with E-state index < -0.39 is 0 Å². The molecule has 0 aromatic carbocycles. The zero-order valence-electron chi connectivity index (χ0n) is 6.53. The van der Waals surface area contributed by atoms with Crippen LogP contribution in [0.25, 0.3) is 0 Å². The normalized spacial score (nSPS) is 10.0. The second kappa shape index (κ2) is 3.98. The second-order valence-electron chi connectivity index (χ2n) is 2.28. The van der Waals surface area contributed by atoms with Gasteiger partial charge in [0.2, 0.25) is 0 Å². The summed E-state index contributed by atoms with van der Waals surface area (Å²) in [7, 11) is 1.83. The monoisotopic (exact) mass is 156 g/mol. The third-order valence-corrected chi connectivity index (χ3v) is 1.25. The summed E-state index contributed by atoms with van der Waals surface area (Å²) in [4.78, 5) is 0. The molecule has 1 N–H and O–H groups in total. The van der Waals surface area contributed by atoms with Crippen LogP contribution < -0.4 is 4.74 Å². The summed E-state index contributed by atoms with van der Waals surface area (Å²) in [5.41, 5.74) is 0. The minimum absolute atomic E-state index is 0.167. The summed E-state index contributed by atoms with van der Waals surface area (Å²) in [5.74, 6) is 0.751. The van der Waals surface area contributed by atoms with Gasteiger partial charge in [0, 0.05) is 20.1 Å². The Bertz CT molecular complexity index is 210. The van der Waals surface area contributed by atoms with Gasteiger partial charge in [-0.1, -0.05) is 0 Å². The van der Waals surface area contributed by atoms with Crippen molar-refractivity contribution in [3.63, 3.8) is 0 Å². The summed E-state index contributed by atoms with van der Waals surface area (Å²) >= 11 is 0. The number of nitrogens with zero attached hydrogens (tertiary/aromatic N) is 2. The highest BCUT2D eigenvalue weighted by molar-refractivity contribution is 5.10. The van der Waals surface area contributed by atoms with E-state index in [0.717, 1.165) is 5.75 Å². The molecule has 0 atom stereocenters. The Morgan fingerprint density at radius 3 is 3.09 bits per heavy atom. The van der Waals surface area contributed by atoms with Gasteiger partial charge in [0.05, 0.1) is 19.0 Å². The first kappa shape index (κ1) is 8.07. The van der Waals surface area contributed by atoms with E-state index in [2.05, 4.69) is 5.10 Å². The zero-order valence-corrected chi connectivity index (χ0v) is 6.53. The van der Waals surface area contributed by atoms with Crippen LogP contribution in [-0.4, -0.2) is 28.1 Å². The Morgan fingerprint density at radius 2 is 2.55 bits per heavy atom. The van der Waals surface area contributed by atoms with Gasteiger partial charge in [-0.2, -0.15) is 5.10 Å². The fourth-order valence-electron chi connectivity index (χ4n) is 0.728. The third kappa shape index (κ3) is 2.59. The van der Waals surface area contributed by atoms with Crippen molar-refractivity contribution < 1.29 is 9.84 Å². The summed E-state index contributed by atoms with van der Waals surface area (Å²) in [6.07, 6.45) is 4.10. The lowest BCUT2D eigenvalue weighted by atomic mass is 10.5. The van der Waals surface area contributed by atoms with Gasteiger partial charge in [-0.3, -0.25) is 4.68 Å². The number of aliphatic hydroxyl groups is 1. The first-order valence-electron chi connectivity index (χ1n) is 3.55. The van der Waals surface area contributed by atoms with Crippen molar-refractivity contribution in [2.75, 3.05) is 13.2 Å². The zero-order chi connectivity index (χ0) is 8.10. The van der Waals surface area contributed by atoms with Crippen LogP contribution in [0.15, 0.2) is 12.4 Å². The summed E-state index contributed by atoms with van der Waals surface area (Å²) in [6, 6.07) is 0. The molecule has 0 saturated carbocycles. The molecule has 62 valence electrons. The van der Waals surface area contributed by atoms with Gasteiger partial charge < -0.3 is 9.84 Å². The van der Waals surface area contributed by atoms with E-state index in [9.17, 15) is 0 Å². The van der Waals surface area contributed by atoms with Crippen molar-refractivity contribution >= 4 is 0 Å². The van der Waals surface area contributed by atoms with E-state index in [4.69, 9.17) is 9.84 Å². The van der Waals surface area contributed by atoms with Gasteiger partial charge in [0.25, 0.3) is 0 Å². The maximum atomic E-state index is 8.45. The molecule has 0 aliphatic rings. The van der Waals surface area contributed by atoms with Crippen molar-refractivity contribution in [2.45, 2.75) is 6.42 Å². The minimum atomic E-state index is 0.167. The highest BCUT2D eigenvalue weighted by Gasteiger charge is 1.94. The molecular weight excluding hydrogens is 144 g/mol. The molecule has 4 nitrogen and oxygen atoms in total. The van der Waals surface area contributed by atoms with Crippen LogP contribution in [0.3, 0.4) is 0 Å². The topological polar surface area (TPSA) is 47.3 Å². The van der Waals surface area contributed by atoms with E-state index in [1.165, 1.54) is 0 Å². The van der Waals surface area contributed by atoms with Gasteiger partial charge in [-0.15, -0.1) is 0 Å². The number of hydrogen-bond donors (Lipinski definition) is 1. The highest BCUT2D eigenvalue weighted by atomic mass is 16.5. The van der Waals surface area contributed by atoms with Crippen molar-refractivity contribution in [3.05, 3.63) is 12.4 Å². The maximum Gasteiger partial charge on any atom is 0.157 e. The van der Waals surface area contributed by atoms with Crippen molar-refractivity contribution in [2.24, 2.45) is 7.05 Å². The van der Waals surface area contributed by atoms with E-state index in [0.29, 0.717) is 13.0 Å². The van der Waals surface area contributed by atoms with Crippen molar-refractivity contribution in [3.8, 4) is 5.75 Å². The summed E-state index contributed by atoms with van der Waals surface area (Å²) in [6.45, 7) is 0.711. The van der Waals surface area contributed by atoms with Gasteiger partial charge >= 0.3 is 0 Å². The molecule has 0 aliphatic heterocycles. The minimum Gasteiger partial charge on any atom is -0.490 e. The first-order chi connectivity index (χ1) is 5.33. The Labute approximate surface area is 65.4 Å². The van der Waals surface area contributed by atoms with Crippen molar-refractivity contribution in [1.82, 2.24) is 9.78 Å². The number of rotatable bonds is 4. The van der Waals surface area contributed by atoms with Crippen LogP contribution in [-0.2, 0) is 7.05 Å². The molecule has 1 aromatic heterocycles. The molecule has 0 spiro atoms. The molecular formula is C7H12N2O2. The fraction of sp³-hybridized carbons (Fsp3) is 0.571. The Kier molecular flexibility index (Phi) is 2.92. The van der Waals surface area contributed by atoms with Crippen molar-refractivity contribution in [1.29, 1.82) is 0 Å². The van der Waals surface area contributed by atoms with Crippen LogP contribution in [0, 0.1) is 0 Å². The number of aliphatic hydroxyl groups excluding tert-OH is 1. The second-order valence-corrected chi connectivity index (χ2v) is 2.28. The molecule has 0 unspecified atom stereocenters. The van der Waals surface area contributed by atoms with Crippen LogP contribution in [0.2, 0.25) is 0 Å². The molecule has 0 amide bonds. The number of aromatic nitrogens is 2. The highest BCUT2D eigenvalue weighted by Crippen LogP contribution is 2.06. The van der Waals surface area contributed by atoms with E-state index in [1.807, 2.05) is 7.05 Å². The molecule has 1 heterocycles. The molecule has 4 heteroatoms. The van der Waals surface area contributed by atoms with Gasteiger partial charge in [0.15, 0.2) is 5.75 Å². The van der Waals surface area contributed by atoms with Crippen LogP contribution in [0.4, 0.5) is 0 Å². The van der Waals surface area contributed by atoms with Crippen LogP contribution in [0.1, 0.15) is 6.42 Å². The average Bonchev–Trinajstić information content (AvgIpc) is 2.37. The predicted octanol–water partition coefficient (Wildman–Crippen LogP) is 0.181. The molecule has 0 fully saturated rings. The third-order valence-electron chi connectivity index (χ3n) is 1.25. The SMILES string of the molecule is Cn1cc(OCCCO)cn1.